The summed E-state index contributed by atoms with van der Waals surface area (Å²) in [5.41, 5.74) is 0.783. The van der Waals surface area contributed by atoms with E-state index in [1.54, 1.807) is 7.11 Å². The van der Waals surface area contributed by atoms with Gasteiger partial charge in [-0.15, -0.1) is 0 Å². The van der Waals surface area contributed by atoms with Crippen LogP contribution in [0, 0.1) is 0 Å². The molecule has 0 bridgehead atoms. The Balaban J connectivity index is 1.97. The van der Waals surface area contributed by atoms with Gasteiger partial charge in [-0.05, 0) is 34.1 Å². The number of nitrogens with one attached hydrogen (secondary N) is 1. The summed E-state index contributed by atoms with van der Waals surface area (Å²) in [4.78, 5) is 8.20. The molecule has 2 heterocycles. The number of hydrogen-bond acceptors (Lipinski definition) is 6. The Bertz CT molecular complexity index is 695. The van der Waals surface area contributed by atoms with Gasteiger partial charge in [-0.3, -0.25) is 5.10 Å². The second-order valence-corrected chi connectivity index (χ2v) is 4.46. The van der Waals surface area contributed by atoms with Crippen molar-refractivity contribution in [3.05, 3.63) is 29.0 Å². The summed E-state index contributed by atoms with van der Waals surface area (Å²) < 4.78 is 11.2. The van der Waals surface area contributed by atoms with E-state index < -0.39 is 0 Å². The van der Waals surface area contributed by atoms with Crippen LogP contribution in [-0.4, -0.2) is 32.4 Å². The van der Waals surface area contributed by atoms with Gasteiger partial charge < -0.3 is 9.26 Å². The smallest absolute Gasteiger partial charge is 0.258 e. The van der Waals surface area contributed by atoms with Gasteiger partial charge in [0, 0.05) is 5.56 Å². The molecule has 0 aliphatic rings. The highest BCUT2D eigenvalue weighted by atomic mass is 79.9. The van der Waals surface area contributed by atoms with E-state index >= 15 is 0 Å². The van der Waals surface area contributed by atoms with E-state index in [0.717, 1.165) is 15.8 Å². The van der Waals surface area contributed by atoms with Crippen LogP contribution in [-0.2, 0) is 0 Å². The summed E-state index contributed by atoms with van der Waals surface area (Å²) in [5.74, 6) is 1.95. The van der Waals surface area contributed by atoms with Crippen LogP contribution < -0.4 is 4.74 Å². The van der Waals surface area contributed by atoms with Crippen LogP contribution in [0.2, 0.25) is 0 Å². The maximum Gasteiger partial charge on any atom is 0.258 e. The second kappa shape index (κ2) is 4.81. The second-order valence-electron chi connectivity index (χ2n) is 3.61. The molecule has 8 heteroatoms. The van der Waals surface area contributed by atoms with Gasteiger partial charge in [-0.1, -0.05) is 5.16 Å². The molecular formula is C11H8BrN5O2. The van der Waals surface area contributed by atoms with Crippen LogP contribution in [0.3, 0.4) is 0 Å². The lowest BCUT2D eigenvalue weighted by atomic mass is 10.2. The Morgan fingerprint density at radius 2 is 2.26 bits per heavy atom. The Hall–Kier alpha value is -2.22. The molecule has 0 spiro atoms. The normalized spacial score (nSPS) is 10.6. The predicted molar refractivity (Wildman–Crippen MR) is 69.4 cm³/mol. The molecule has 0 fully saturated rings. The molecule has 3 rings (SSSR count). The van der Waals surface area contributed by atoms with Gasteiger partial charge in [-0.25, -0.2) is 4.98 Å². The van der Waals surface area contributed by atoms with Crippen LogP contribution >= 0.6 is 15.9 Å². The fourth-order valence-corrected chi connectivity index (χ4v) is 2.09. The van der Waals surface area contributed by atoms with Gasteiger partial charge in [-0.2, -0.15) is 10.1 Å². The number of nitrogens with zero attached hydrogens (tertiary/aromatic N) is 4. The quantitative estimate of drug-likeness (QED) is 0.796. The van der Waals surface area contributed by atoms with Gasteiger partial charge in [0.25, 0.3) is 5.89 Å². The maximum atomic E-state index is 5.19. The lowest BCUT2D eigenvalue weighted by molar-refractivity contribution is 0.411. The molecular weight excluding hydrogens is 314 g/mol. The third-order valence-electron chi connectivity index (χ3n) is 2.45. The number of hydrogen-bond donors (Lipinski definition) is 1. The van der Waals surface area contributed by atoms with E-state index in [2.05, 4.69) is 41.3 Å². The molecule has 0 atom stereocenters. The number of H-pyrrole nitrogens is 1. The molecule has 1 aromatic carbocycles. The molecule has 0 saturated carbocycles. The molecule has 0 aliphatic heterocycles. The Morgan fingerprint density at radius 1 is 1.37 bits per heavy atom. The van der Waals surface area contributed by atoms with E-state index in [1.807, 2.05) is 18.2 Å². The SMILES string of the molecule is COc1ccc(-c2nc(-c3ncn[nH]3)no2)cc1Br. The van der Waals surface area contributed by atoms with Crippen molar-refractivity contribution >= 4 is 15.9 Å². The van der Waals surface area contributed by atoms with Gasteiger partial charge >= 0.3 is 0 Å². The summed E-state index contributed by atoms with van der Waals surface area (Å²) in [6, 6.07) is 5.50. The van der Waals surface area contributed by atoms with Crippen molar-refractivity contribution in [2.45, 2.75) is 0 Å². The standard InChI is InChI=1S/C11H8BrN5O2/c1-18-8-3-2-6(4-7(8)12)11-15-10(17-19-11)9-13-5-14-16-9/h2-5H,1H3,(H,13,14,16). The van der Waals surface area contributed by atoms with E-state index in [-0.39, 0.29) is 0 Å². The van der Waals surface area contributed by atoms with Crippen LogP contribution in [0.1, 0.15) is 0 Å². The van der Waals surface area contributed by atoms with Gasteiger partial charge in [0.1, 0.15) is 12.1 Å². The minimum Gasteiger partial charge on any atom is -0.496 e. The average molecular weight is 322 g/mol. The van der Waals surface area contributed by atoms with Crippen molar-refractivity contribution in [3.63, 3.8) is 0 Å². The number of aromatic nitrogens is 5. The highest BCUT2D eigenvalue weighted by Gasteiger charge is 2.13. The van der Waals surface area contributed by atoms with Crippen molar-refractivity contribution in [1.29, 1.82) is 0 Å². The lowest BCUT2D eigenvalue weighted by Crippen LogP contribution is -1.86. The maximum absolute atomic E-state index is 5.19. The zero-order valence-electron chi connectivity index (χ0n) is 9.79. The fourth-order valence-electron chi connectivity index (χ4n) is 1.55. The van der Waals surface area contributed by atoms with E-state index in [0.29, 0.717) is 17.5 Å². The molecule has 1 N–H and O–H groups in total. The third kappa shape index (κ3) is 2.22. The largest absolute Gasteiger partial charge is 0.496 e. The summed E-state index contributed by atoms with van der Waals surface area (Å²) in [6.07, 6.45) is 1.38. The highest BCUT2D eigenvalue weighted by Crippen LogP contribution is 2.30. The van der Waals surface area contributed by atoms with E-state index in [9.17, 15) is 0 Å². The van der Waals surface area contributed by atoms with Crippen molar-refractivity contribution in [1.82, 2.24) is 25.3 Å². The number of benzene rings is 1. The Labute approximate surface area is 116 Å². The van der Waals surface area contributed by atoms with E-state index in [1.165, 1.54) is 6.33 Å². The minimum absolute atomic E-state index is 0.361. The molecule has 3 aromatic rings. The molecule has 0 amide bonds. The zero-order valence-corrected chi connectivity index (χ0v) is 11.4. The van der Waals surface area contributed by atoms with Crippen LogP contribution in [0.25, 0.3) is 23.1 Å². The van der Waals surface area contributed by atoms with Crippen LogP contribution in [0.4, 0.5) is 0 Å². The van der Waals surface area contributed by atoms with Crippen molar-refractivity contribution < 1.29 is 9.26 Å². The Kier molecular flexibility index (Phi) is 3.00. The summed E-state index contributed by atoms with van der Waals surface area (Å²) in [6.45, 7) is 0. The number of ether oxygens (including phenoxy) is 1. The first-order chi connectivity index (χ1) is 9.28. The number of rotatable bonds is 3. The molecule has 0 saturated heterocycles. The van der Waals surface area contributed by atoms with Crippen molar-refractivity contribution in [3.8, 4) is 28.9 Å². The molecule has 96 valence electrons. The van der Waals surface area contributed by atoms with Gasteiger partial charge in [0.15, 0.2) is 5.82 Å². The van der Waals surface area contributed by atoms with Gasteiger partial charge in [0.2, 0.25) is 5.82 Å². The fraction of sp³-hybridized carbons (Fsp3) is 0.0909. The first kappa shape index (κ1) is 11.8. The van der Waals surface area contributed by atoms with Crippen molar-refractivity contribution in [2.24, 2.45) is 0 Å². The number of halogens is 1. The summed E-state index contributed by atoms with van der Waals surface area (Å²) in [5, 5.41) is 10.2. The summed E-state index contributed by atoms with van der Waals surface area (Å²) in [7, 11) is 1.61. The van der Waals surface area contributed by atoms with E-state index in [4.69, 9.17) is 9.26 Å². The highest BCUT2D eigenvalue weighted by molar-refractivity contribution is 9.10. The van der Waals surface area contributed by atoms with Crippen molar-refractivity contribution in [2.75, 3.05) is 7.11 Å². The number of aromatic amines is 1. The first-order valence-electron chi connectivity index (χ1n) is 5.31. The molecule has 2 aromatic heterocycles. The molecule has 19 heavy (non-hydrogen) atoms. The molecule has 0 radical (unpaired) electrons. The molecule has 7 nitrogen and oxygen atoms in total. The van der Waals surface area contributed by atoms with Gasteiger partial charge in [0.05, 0.1) is 11.6 Å². The molecule has 0 aliphatic carbocycles. The average Bonchev–Trinajstić information content (AvgIpc) is 3.09. The topological polar surface area (TPSA) is 89.7 Å². The first-order valence-corrected chi connectivity index (χ1v) is 6.10. The predicted octanol–water partition coefficient (Wildman–Crippen LogP) is 2.29. The third-order valence-corrected chi connectivity index (χ3v) is 3.07. The number of methoxy groups -OCH3 is 1. The lowest BCUT2D eigenvalue weighted by Gasteiger charge is -2.03. The minimum atomic E-state index is 0.361. The zero-order chi connectivity index (χ0) is 13.2. The molecule has 0 unspecified atom stereocenters. The Morgan fingerprint density at radius 3 is 2.95 bits per heavy atom. The monoisotopic (exact) mass is 321 g/mol. The van der Waals surface area contributed by atoms with Crippen LogP contribution in [0.15, 0.2) is 33.5 Å². The van der Waals surface area contributed by atoms with Crippen LogP contribution in [0.5, 0.6) is 5.75 Å². The summed E-state index contributed by atoms with van der Waals surface area (Å²) >= 11 is 3.41.